The monoisotopic (exact) mass is 449 g/mol. The number of nitrogens with one attached hydrogen (secondary N) is 1. The number of likely N-dealkylation sites (N-methyl/N-ethyl adjacent to an activating group) is 1. The minimum Gasteiger partial charge on any atom is -0.355 e. The van der Waals surface area contributed by atoms with Gasteiger partial charge >= 0.3 is 0 Å². The predicted octanol–water partition coefficient (Wildman–Crippen LogP) is 2.06. The van der Waals surface area contributed by atoms with E-state index in [1.54, 1.807) is 17.9 Å². The van der Waals surface area contributed by atoms with E-state index in [-0.39, 0.29) is 16.7 Å². The molecule has 0 unspecified atom stereocenters. The van der Waals surface area contributed by atoms with Crippen LogP contribution >= 0.6 is 0 Å². The van der Waals surface area contributed by atoms with Gasteiger partial charge in [0.15, 0.2) is 14.6 Å². The molecule has 1 N–H and O–H groups in total. The highest BCUT2D eigenvalue weighted by Gasteiger charge is 2.54. The van der Waals surface area contributed by atoms with E-state index in [9.17, 15) is 18.0 Å². The van der Waals surface area contributed by atoms with Crippen LogP contribution in [0.3, 0.4) is 0 Å². The molecular formula is C23H35N3O4S. The number of carbonyl (C=O) groups excluding carboxylic acids is 2. The van der Waals surface area contributed by atoms with Crippen LogP contribution in [-0.2, 0) is 19.4 Å². The van der Waals surface area contributed by atoms with Crippen molar-refractivity contribution in [3.63, 3.8) is 0 Å². The van der Waals surface area contributed by atoms with Gasteiger partial charge in [0.2, 0.25) is 11.8 Å². The first kappa shape index (κ1) is 23.7. The van der Waals surface area contributed by atoms with Crippen molar-refractivity contribution >= 4 is 21.7 Å². The molecule has 0 bridgehead atoms. The van der Waals surface area contributed by atoms with E-state index in [1.165, 1.54) is 0 Å². The number of carbonyl (C=O) groups is 2. The SMILES string of the molecule is CCNC(=O)CN1CCCN(C(=O)C2(S(=O)(=O)c3cc(C)ccc3C)CCCC2)CC1. The summed E-state index contributed by atoms with van der Waals surface area (Å²) in [4.78, 5) is 29.8. The summed E-state index contributed by atoms with van der Waals surface area (Å²) in [6.45, 7) is 8.72. The minimum absolute atomic E-state index is 0.0213. The summed E-state index contributed by atoms with van der Waals surface area (Å²) in [5.41, 5.74) is 1.56. The third-order valence-electron chi connectivity index (χ3n) is 6.57. The molecule has 1 aliphatic heterocycles. The van der Waals surface area contributed by atoms with E-state index >= 15 is 0 Å². The third-order valence-corrected chi connectivity index (χ3v) is 9.20. The van der Waals surface area contributed by atoms with Gasteiger partial charge in [-0.05, 0) is 57.2 Å². The highest BCUT2D eigenvalue weighted by atomic mass is 32.2. The molecule has 7 nitrogen and oxygen atoms in total. The second-order valence-corrected chi connectivity index (χ2v) is 11.1. The lowest BCUT2D eigenvalue weighted by Crippen LogP contribution is -2.53. The number of amides is 2. The fraction of sp³-hybridized carbons (Fsp3) is 0.652. The molecule has 8 heteroatoms. The first-order chi connectivity index (χ1) is 14.7. The lowest BCUT2D eigenvalue weighted by molar-refractivity contribution is -0.133. The van der Waals surface area contributed by atoms with Crippen molar-refractivity contribution in [1.82, 2.24) is 15.1 Å². The van der Waals surface area contributed by atoms with Crippen LogP contribution in [0.2, 0.25) is 0 Å². The van der Waals surface area contributed by atoms with Gasteiger partial charge in [0.25, 0.3) is 0 Å². The maximum absolute atomic E-state index is 13.9. The van der Waals surface area contributed by atoms with Crippen molar-refractivity contribution in [3.05, 3.63) is 29.3 Å². The Bertz CT molecular complexity index is 923. The van der Waals surface area contributed by atoms with Crippen molar-refractivity contribution in [1.29, 1.82) is 0 Å². The largest absolute Gasteiger partial charge is 0.355 e. The normalized spacial score (nSPS) is 19.8. The first-order valence-electron chi connectivity index (χ1n) is 11.3. The van der Waals surface area contributed by atoms with Crippen LogP contribution in [0.15, 0.2) is 23.1 Å². The van der Waals surface area contributed by atoms with Crippen molar-refractivity contribution in [2.24, 2.45) is 0 Å². The molecule has 1 aromatic carbocycles. The summed E-state index contributed by atoms with van der Waals surface area (Å²) in [5, 5.41) is 2.81. The van der Waals surface area contributed by atoms with Gasteiger partial charge < -0.3 is 10.2 Å². The molecule has 1 aliphatic carbocycles. The van der Waals surface area contributed by atoms with Crippen molar-refractivity contribution in [3.8, 4) is 0 Å². The number of nitrogens with zero attached hydrogens (tertiary/aromatic N) is 2. The van der Waals surface area contributed by atoms with Gasteiger partial charge in [-0.25, -0.2) is 8.42 Å². The summed E-state index contributed by atoms with van der Waals surface area (Å²) in [5.74, 6) is -0.280. The molecule has 1 saturated heterocycles. The molecule has 172 valence electrons. The highest BCUT2D eigenvalue weighted by molar-refractivity contribution is 7.93. The number of hydrogen-bond donors (Lipinski definition) is 1. The van der Waals surface area contributed by atoms with Gasteiger partial charge in [0.1, 0.15) is 0 Å². The van der Waals surface area contributed by atoms with Crippen LogP contribution in [0.4, 0.5) is 0 Å². The Morgan fingerprint density at radius 2 is 1.74 bits per heavy atom. The molecule has 0 spiro atoms. The third kappa shape index (κ3) is 4.80. The standard InChI is InChI=1S/C23H35N3O4S/c1-4-24-21(27)17-25-12-7-13-26(15-14-25)22(28)23(10-5-6-11-23)31(29,30)20-16-18(2)8-9-19(20)3/h8-9,16H,4-7,10-15,17H2,1-3H3,(H,24,27). The Labute approximate surface area is 186 Å². The fourth-order valence-corrected chi connectivity index (χ4v) is 7.27. The van der Waals surface area contributed by atoms with Crippen LogP contribution in [0, 0.1) is 13.8 Å². The topological polar surface area (TPSA) is 86.8 Å². The molecule has 2 amide bonds. The minimum atomic E-state index is -3.82. The number of rotatable bonds is 6. The van der Waals surface area contributed by atoms with Crippen molar-refractivity contribution in [2.45, 2.75) is 62.5 Å². The molecule has 0 atom stereocenters. The summed E-state index contributed by atoms with van der Waals surface area (Å²) < 4.78 is 26.4. The van der Waals surface area contributed by atoms with E-state index < -0.39 is 14.6 Å². The number of aryl methyl sites for hydroxylation is 2. The Hall–Kier alpha value is -1.93. The molecule has 1 heterocycles. The Kier molecular flexibility index (Phi) is 7.42. The Morgan fingerprint density at radius 3 is 2.42 bits per heavy atom. The molecule has 2 aliphatic rings. The van der Waals surface area contributed by atoms with E-state index in [0.29, 0.717) is 51.1 Å². The molecule has 0 radical (unpaired) electrons. The van der Waals surface area contributed by atoms with Crippen LogP contribution in [0.25, 0.3) is 0 Å². The van der Waals surface area contributed by atoms with E-state index in [4.69, 9.17) is 0 Å². The zero-order valence-electron chi connectivity index (χ0n) is 18.9. The Balaban J connectivity index is 1.84. The molecule has 1 saturated carbocycles. The van der Waals surface area contributed by atoms with Gasteiger partial charge in [-0.3, -0.25) is 14.5 Å². The van der Waals surface area contributed by atoms with E-state index in [0.717, 1.165) is 31.4 Å². The smallest absolute Gasteiger partial charge is 0.244 e. The van der Waals surface area contributed by atoms with Gasteiger partial charge in [-0.2, -0.15) is 0 Å². The molecule has 3 rings (SSSR count). The quantitative estimate of drug-likeness (QED) is 0.718. The van der Waals surface area contributed by atoms with Crippen LogP contribution < -0.4 is 5.32 Å². The summed E-state index contributed by atoms with van der Waals surface area (Å²) in [6, 6.07) is 5.42. The van der Waals surface area contributed by atoms with Gasteiger partial charge in [-0.1, -0.05) is 25.0 Å². The van der Waals surface area contributed by atoms with Gasteiger partial charge in [-0.15, -0.1) is 0 Å². The number of hydrogen-bond acceptors (Lipinski definition) is 5. The van der Waals surface area contributed by atoms with E-state index in [1.807, 2.05) is 30.9 Å². The lowest BCUT2D eigenvalue weighted by Gasteiger charge is -2.34. The molecule has 31 heavy (non-hydrogen) atoms. The zero-order valence-corrected chi connectivity index (χ0v) is 19.8. The van der Waals surface area contributed by atoms with Crippen molar-refractivity contribution < 1.29 is 18.0 Å². The maximum atomic E-state index is 13.9. The summed E-state index contributed by atoms with van der Waals surface area (Å²) in [6.07, 6.45) is 2.96. The highest BCUT2D eigenvalue weighted by Crippen LogP contribution is 2.43. The van der Waals surface area contributed by atoms with Crippen LogP contribution in [-0.4, -0.2) is 74.0 Å². The first-order valence-corrected chi connectivity index (χ1v) is 12.8. The Morgan fingerprint density at radius 1 is 1.03 bits per heavy atom. The summed E-state index contributed by atoms with van der Waals surface area (Å²) >= 11 is 0. The van der Waals surface area contributed by atoms with E-state index in [2.05, 4.69) is 5.32 Å². The average Bonchev–Trinajstić information content (AvgIpc) is 3.13. The average molecular weight is 450 g/mol. The number of sulfone groups is 1. The van der Waals surface area contributed by atoms with Crippen molar-refractivity contribution in [2.75, 3.05) is 39.3 Å². The predicted molar refractivity (Wildman–Crippen MR) is 121 cm³/mol. The van der Waals surface area contributed by atoms with Crippen LogP contribution in [0.5, 0.6) is 0 Å². The fourth-order valence-electron chi connectivity index (χ4n) is 4.83. The maximum Gasteiger partial charge on any atom is 0.244 e. The number of benzene rings is 1. The van der Waals surface area contributed by atoms with Gasteiger partial charge in [0, 0.05) is 32.7 Å². The lowest BCUT2D eigenvalue weighted by atomic mass is 10.1. The van der Waals surface area contributed by atoms with Crippen LogP contribution in [0.1, 0.15) is 50.2 Å². The van der Waals surface area contributed by atoms with Gasteiger partial charge in [0.05, 0.1) is 11.4 Å². The molecule has 0 aromatic heterocycles. The molecular weight excluding hydrogens is 414 g/mol. The summed E-state index contributed by atoms with van der Waals surface area (Å²) in [7, 11) is -3.82. The second kappa shape index (κ2) is 9.69. The molecule has 1 aromatic rings. The molecule has 2 fully saturated rings. The second-order valence-electron chi connectivity index (χ2n) is 8.85. The zero-order chi connectivity index (χ0) is 22.6.